The van der Waals surface area contributed by atoms with E-state index in [0.717, 1.165) is 19.3 Å². The monoisotopic (exact) mass is 294 g/mol. The van der Waals surface area contributed by atoms with Gasteiger partial charge in [-0.15, -0.1) is 0 Å². The maximum absolute atomic E-state index is 12.5. The van der Waals surface area contributed by atoms with Gasteiger partial charge in [0.15, 0.2) is 0 Å². The van der Waals surface area contributed by atoms with Gasteiger partial charge in [0.25, 0.3) is 11.6 Å². The molecule has 116 valence electrons. The normalized spacial score (nSPS) is 16.2. The number of rotatable bonds is 5. The Balaban J connectivity index is 2.08. The van der Waals surface area contributed by atoms with Crippen molar-refractivity contribution in [1.82, 2.24) is 9.47 Å². The van der Waals surface area contributed by atoms with Gasteiger partial charge in [-0.3, -0.25) is 14.9 Å². The number of nitro groups is 1. The standard InChI is InChI=1S/C14H22N4O3/c1-2-16-10-12(18(20)21)9-13(16)14(19)17-7-4-11(3-6-15)5-8-17/h9-11H,2-8,15H2,1H3. The van der Waals surface area contributed by atoms with Crippen LogP contribution in [0.1, 0.15) is 36.7 Å². The van der Waals surface area contributed by atoms with Gasteiger partial charge in [-0.05, 0) is 38.6 Å². The maximum Gasteiger partial charge on any atom is 0.287 e. The largest absolute Gasteiger partial charge is 0.337 e. The van der Waals surface area contributed by atoms with Crippen molar-refractivity contribution in [2.75, 3.05) is 19.6 Å². The van der Waals surface area contributed by atoms with Gasteiger partial charge in [0.2, 0.25) is 0 Å². The molecule has 1 saturated heterocycles. The minimum Gasteiger partial charge on any atom is -0.337 e. The molecule has 1 aromatic rings. The summed E-state index contributed by atoms with van der Waals surface area (Å²) in [7, 11) is 0. The van der Waals surface area contributed by atoms with E-state index in [1.54, 1.807) is 9.47 Å². The Bertz CT molecular complexity index is 518. The third-order valence-corrected chi connectivity index (χ3v) is 4.13. The predicted molar refractivity (Wildman–Crippen MR) is 79.1 cm³/mol. The summed E-state index contributed by atoms with van der Waals surface area (Å²) < 4.78 is 1.65. The highest BCUT2D eigenvalue weighted by molar-refractivity contribution is 5.93. The second kappa shape index (κ2) is 6.71. The molecule has 1 aliphatic heterocycles. The number of hydrogen-bond acceptors (Lipinski definition) is 4. The number of nitrogens with zero attached hydrogens (tertiary/aromatic N) is 3. The summed E-state index contributed by atoms with van der Waals surface area (Å²) in [5, 5.41) is 10.9. The van der Waals surface area contributed by atoms with Crippen molar-refractivity contribution in [2.24, 2.45) is 11.7 Å². The molecule has 1 aliphatic rings. The van der Waals surface area contributed by atoms with E-state index in [1.807, 2.05) is 6.92 Å². The Labute approximate surface area is 123 Å². The highest BCUT2D eigenvalue weighted by Gasteiger charge is 2.26. The molecule has 0 atom stereocenters. The van der Waals surface area contributed by atoms with Gasteiger partial charge in [-0.2, -0.15) is 0 Å². The van der Waals surface area contributed by atoms with Gasteiger partial charge in [-0.1, -0.05) is 0 Å². The average molecular weight is 294 g/mol. The zero-order chi connectivity index (χ0) is 15.4. The van der Waals surface area contributed by atoms with Crippen LogP contribution in [-0.4, -0.2) is 39.9 Å². The fraction of sp³-hybridized carbons (Fsp3) is 0.643. The lowest BCUT2D eigenvalue weighted by Gasteiger charge is -2.32. The van der Waals surface area contributed by atoms with Gasteiger partial charge in [0, 0.05) is 25.7 Å². The summed E-state index contributed by atoms with van der Waals surface area (Å²) in [5.41, 5.74) is 5.94. The number of amides is 1. The van der Waals surface area contributed by atoms with Crippen molar-refractivity contribution in [3.63, 3.8) is 0 Å². The third-order valence-electron chi connectivity index (χ3n) is 4.13. The fourth-order valence-corrected chi connectivity index (χ4v) is 2.86. The Morgan fingerprint density at radius 1 is 1.48 bits per heavy atom. The van der Waals surface area contributed by atoms with E-state index in [9.17, 15) is 14.9 Å². The summed E-state index contributed by atoms with van der Waals surface area (Å²) in [4.78, 5) is 24.7. The highest BCUT2D eigenvalue weighted by atomic mass is 16.6. The molecular weight excluding hydrogens is 272 g/mol. The van der Waals surface area contributed by atoms with E-state index >= 15 is 0 Å². The third kappa shape index (κ3) is 3.41. The molecule has 1 fully saturated rings. The summed E-state index contributed by atoms with van der Waals surface area (Å²) in [6, 6.07) is 1.37. The number of aryl methyl sites for hydroxylation is 1. The number of nitrogens with two attached hydrogens (primary N) is 1. The summed E-state index contributed by atoms with van der Waals surface area (Å²) >= 11 is 0. The zero-order valence-corrected chi connectivity index (χ0v) is 12.3. The molecule has 0 spiro atoms. The highest BCUT2D eigenvalue weighted by Crippen LogP contribution is 2.23. The van der Waals surface area contributed by atoms with Gasteiger partial charge in [0.05, 0.1) is 11.1 Å². The van der Waals surface area contributed by atoms with Gasteiger partial charge >= 0.3 is 0 Å². The molecule has 0 aliphatic carbocycles. The Kier molecular flexibility index (Phi) is 4.95. The molecule has 0 aromatic carbocycles. The van der Waals surface area contributed by atoms with Crippen LogP contribution in [0, 0.1) is 16.0 Å². The molecular formula is C14H22N4O3. The molecule has 1 aromatic heterocycles. The number of hydrogen-bond donors (Lipinski definition) is 1. The average Bonchev–Trinajstić information content (AvgIpc) is 2.92. The lowest BCUT2D eigenvalue weighted by atomic mass is 9.93. The Morgan fingerprint density at radius 2 is 2.14 bits per heavy atom. The molecule has 0 saturated carbocycles. The number of likely N-dealkylation sites (tertiary alicyclic amines) is 1. The van der Waals surface area contributed by atoms with Crippen LogP contribution >= 0.6 is 0 Å². The smallest absolute Gasteiger partial charge is 0.287 e. The number of carbonyl (C=O) groups is 1. The van der Waals surface area contributed by atoms with Crippen LogP contribution in [0.15, 0.2) is 12.3 Å². The predicted octanol–water partition coefficient (Wildman–Crippen LogP) is 1.62. The van der Waals surface area contributed by atoms with E-state index in [1.165, 1.54) is 12.3 Å². The van der Waals surface area contributed by atoms with E-state index in [0.29, 0.717) is 37.8 Å². The quantitative estimate of drug-likeness (QED) is 0.659. The molecule has 7 nitrogen and oxygen atoms in total. The van der Waals surface area contributed by atoms with Crippen LogP contribution in [0.4, 0.5) is 5.69 Å². The van der Waals surface area contributed by atoms with Crippen molar-refractivity contribution in [3.05, 3.63) is 28.1 Å². The van der Waals surface area contributed by atoms with Gasteiger partial charge in [0.1, 0.15) is 5.69 Å². The van der Waals surface area contributed by atoms with Crippen LogP contribution < -0.4 is 5.73 Å². The van der Waals surface area contributed by atoms with E-state index in [2.05, 4.69) is 0 Å². The van der Waals surface area contributed by atoms with Crippen molar-refractivity contribution in [2.45, 2.75) is 32.7 Å². The lowest BCUT2D eigenvalue weighted by molar-refractivity contribution is -0.384. The first kappa shape index (κ1) is 15.5. The number of carbonyl (C=O) groups excluding carboxylic acids is 1. The van der Waals surface area contributed by atoms with Crippen LogP contribution in [0.25, 0.3) is 0 Å². The Hall–Kier alpha value is -1.89. The van der Waals surface area contributed by atoms with Gasteiger partial charge in [-0.25, -0.2) is 0 Å². The summed E-state index contributed by atoms with van der Waals surface area (Å²) in [5.74, 6) is 0.475. The first-order valence-corrected chi connectivity index (χ1v) is 7.40. The fourth-order valence-electron chi connectivity index (χ4n) is 2.86. The van der Waals surface area contributed by atoms with E-state index in [4.69, 9.17) is 5.73 Å². The molecule has 2 rings (SSSR count). The number of piperidine rings is 1. The van der Waals surface area contributed by atoms with Crippen molar-refractivity contribution in [1.29, 1.82) is 0 Å². The molecule has 2 heterocycles. The van der Waals surface area contributed by atoms with Crippen molar-refractivity contribution >= 4 is 11.6 Å². The van der Waals surface area contributed by atoms with Crippen molar-refractivity contribution < 1.29 is 9.72 Å². The van der Waals surface area contributed by atoms with Gasteiger partial charge < -0.3 is 15.2 Å². The maximum atomic E-state index is 12.5. The summed E-state index contributed by atoms with van der Waals surface area (Å²) in [6.45, 7) is 4.49. The number of aromatic nitrogens is 1. The van der Waals surface area contributed by atoms with Crippen LogP contribution in [0.3, 0.4) is 0 Å². The SMILES string of the molecule is CCn1cc([N+](=O)[O-])cc1C(=O)N1CCC(CCN)CC1. The van der Waals surface area contributed by atoms with E-state index < -0.39 is 4.92 Å². The molecule has 7 heteroatoms. The van der Waals surface area contributed by atoms with Crippen molar-refractivity contribution in [3.8, 4) is 0 Å². The second-order valence-corrected chi connectivity index (χ2v) is 5.44. The molecule has 0 radical (unpaired) electrons. The first-order chi connectivity index (χ1) is 10.1. The topological polar surface area (TPSA) is 94.4 Å². The molecule has 2 N–H and O–H groups in total. The van der Waals surface area contributed by atoms with E-state index in [-0.39, 0.29) is 11.6 Å². The molecule has 21 heavy (non-hydrogen) atoms. The lowest BCUT2D eigenvalue weighted by Crippen LogP contribution is -2.39. The molecule has 1 amide bonds. The van der Waals surface area contributed by atoms with Crippen LogP contribution in [0.2, 0.25) is 0 Å². The minimum absolute atomic E-state index is 0.0294. The minimum atomic E-state index is -0.462. The molecule has 0 unspecified atom stereocenters. The summed E-state index contributed by atoms with van der Waals surface area (Å²) in [6.07, 6.45) is 4.34. The first-order valence-electron chi connectivity index (χ1n) is 7.40. The van der Waals surface area contributed by atoms with Crippen LogP contribution in [-0.2, 0) is 6.54 Å². The Morgan fingerprint density at radius 3 is 2.67 bits per heavy atom. The zero-order valence-electron chi connectivity index (χ0n) is 12.3. The molecule has 0 bridgehead atoms. The van der Waals surface area contributed by atoms with Crippen LogP contribution in [0.5, 0.6) is 0 Å². The second-order valence-electron chi connectivity index (χ2n) is 5.44.